The van der Waals surface area contributed by atoms with Crippen molar-refractivity contribution in [2.24, 2.45) is 0 Å². The molecule has 8 nitrogen and oxygen atoms in total. The number of hydrogen-bond donors (Lipinski definition) is 1. The molecule has 28 heavy (non-hydrogen) atoms. The molecule has 1 amide bonds. The van der Waals surface area contributed by atoms with E-state index in [-0.39, 0.29) is 10.8 Å². The number of aromatic nitrogens is 3. The summed E-state index contributed by atoms with van der Waals surface area (Å²) in [4.78, 5) is 12.3. The van der Waals surface area contributed by atoms with E-state index in [1.54, 1.807) is 16.8 Å². The monoisotopic (exact) mass is 401 g/mol. The van der Waals surface area contributed by atoms with Crippen molar-refractivity contribution in [1.29, 1.82) is 0 Å². The molecule has 0 aliphatic heterocycles. The Balaban J connectivity index is 1.62. The van der Waals surface area contributed by atoms with E-state index in [1.807, 2.05) is 31.2 Å². The molecule has 0 atom stereocenters. The van der Waals surface area contributed by atoms with Gasteiger partial charge in [0.05, 0.1) is 10.4 Å². The largest absolute Gasteiger partial charge is 0.326 e. The highest BCUT2D eigenvalue weighted by Crippen LogP contribution is 2.19. The van der Waals surface area contributed by atoms with Gasteiger partial charge < -0.3 is 5.32 Å². The third kappa shape index (κ3) is 4.37. The number of sulfonamides is 1. The minimum atomic E-state index is -3.52. The van der Waals surface area contributed by atoms with Crippen molar-refractivity contribution in [2.45, 2.75) is 31.2 Å². The third-order valence-corrected chi connectivity index (χ3v) is 6.18. The van der Waals surface area contributed by atoms with Gasteiger partial charge in [0.1, 0.15) is 5.52 Å². The average Bonchev–Trinajstić information content (AvgIpc) is 3.06. The summed E-state index contributed by atoms with van der Waals surface area (Å²) < 4.78 is 27.3. The summed E-state index contributed by atoms with van der Waals surface area (Å²) in [6.07, 6.45) is 0.941. The molecule has 3 aromatic rings. The molecule has 3 rings (SSSR count). The third-order valence-electron chi connectivity index (χ3n) is 4.37. The van der Waals surface area contributed by atoms with Gasteiger partial charge in [-0.25, -0.2) is 17.4 Å². The Morgan fingerprint density at radius 3 is 2.54 bits per heavy atom. The normalized spacial score (nSPS) is 11.9. The minimum Gasteiger partial charge on any atom is -0.326 e. The highest BCUT2D eigenvalue weighted by Gasteiger charge is 2.18. The van der Waals surface area contributed by atoms with Gasteiger partial charge in [0.25, 0.3) is 0 Å². The van der Waals surface area contributed by atoms with Crippen LogP contribution in [0.15, 0.2) is 47.4 Å². The number of amides is 1. The molecular formula is C19H23N5O3S. The van der Waals surface area contributed by atoms with Gasteiger partial charge in [-0.2, -0.15) is 0 Å². The molecule has 0 saturated heterocycles. The summed E-state index contributed by atoms with van der Waals surface area (Å²) >= 11 is 0. The Hall–Kier alpha value is -2.78. The fourth-order valence-electron chi connectivity index (χ4n) is 2.74. The Kier molecular flexibility index (Phi) is 5.76. The summed E-state index contributed by atoms with van der Waals surface area (Å²) in [6, 6.07) is 12.4. The molecule has 2 aromatic carbocycles. The number of nitrogens with one attached hydrogen (secondary N) is 1. The predicted molar refractivity (Wildman–Crippen MR) is 107 cm³/mol. The van der Waals surface area contributed by atoms with Crippen molar-refractivity contribution < 1.29 is 13.2 Å². The van der Waals surface area contributed by atoms with Crippen molar-refractivity contribution in [3.05, 3.63) is 48.0 Å². The maximum Gasteiger partial charge on any atom is 0.242 e. The zero-order valence-electron chi connectivity index (χ0n) is 16.1. The minimum absolute atomic E-state index is 0.0624. The number of fused-ring (bicyclic) bond motifs is 1. The van der Waals surface area contributed by atoms with Gasteiger partial charge in [-0.15, -0.1) is 5.10 Å². The maximum atomic E-state index is 12.2. The first kappa shape index (κ1) is 20.0. The lowest BCUT2D eigenvalue weighted by molar-refractivity contribution is -0.116. The Bertz CT molecular complexity index is 1090. The van der Waals surface area contributed by atoms with E-state index in [9.17, 15) is 13.2 Å². The average molecular weight is 401 g/mol. The Morgan fingerprint density at radius 2 is 1.86 bits per heavy atom. The van der Waals surface area contributed by atoms with Crippen LogP contribution in [0.25, 0.3) is 11.0 Å². The summed E-state index contributed by atoms with van der Waals surface area (Å²) in [5, 5.41) is 11.0. The van der Waals surface area contributed by atoms with Gasteiger partial charge in [0.2, 0.25) is 15.9 Å². The van der Waals surface area contributed by atoms with Gasteiger partial charge >= 0.3 is 0 Å². The molecule has 0 aliphatic rings. The van der Waals surface area contributed by atoms with Gasteiger partial charge in [0.15, 0.2) is 0 Å². The second-order valence-corrected chi connectivity index (χ2v) is 8.92. The lowest BCUT2D eigenvalue weighted by atomic mass is 10.2. The summed E-state index contributed by atoms with van der Waals surface area (Å²) in [5.74, 6) is -0.0624. The molecule has 0 spiro atoms. The van der Waals surface area contributed by atoms with E-state index in [1.165, 1.54) is 20.2 Å². The number of anilines is 1. The first-order chi connectivity index (χ1) is 13.3. The number of carbonyl (C=O) groups is 1. The van der Waals surface area contributed by atoms with Crippen molar-refractivity contribution in [3.8, 4) is 0 Å². The molecule has 9 heteroatoms. The van der Waals surface area contributed by atoms with E-state index in [0.29, 0.717) is 24.9 Å². The second kappa shape index (κ2) is 8.07. The van der Waals surface area contributed by atoms with Crippen LogP contribution in [0, 0.1) is 6.92 Å². The summed E-state index contributed by atoms with van der Waals surface area (Å²) in [7, 11) is -0.548. The van der Waals surface area contributed by atoms with Crippen LogP contribution in [0.2, 0.25) is 0 Å². The van der Waals surface area contributed by atoms with Crippen LogP contribution in [-0.2, 0) is 21.4 Å². The maximum absolute atomic E-state index is 12.2. The van der Waals surface area contributed by atoms with Gasteiger partial charge in [-0.05, 0) is 43.7 Å². The molecule has 0 saturated carbocycles. The molecular weight excluding hydrogens is 378 g/mol. The van der Waals surface area contributed by atoms with Gasteiger partial charge in [-0.3, -0.25) is 4.79 Å². The molecule has 1 N–H and O–H groups in total. The van der Waals surface area contributed by atoms with Crippen molar-refractivity contribution >= 4 is 32.7 Å². The SMILES string of the molecule is Cc1ccc(NC(=O)CCCn2nnc3cc(S(=O)(=O)N(C)C)ccc32)cc1. The lowest BCUT2D eigenvalue weighted by Gasteiger charge is -2.11. The van der Waals surface area contributed by atoms with E-state index in [4.69, 9.17) is 0 Å². The second-order valence-electron chi connectivity index (χ2n) is 6.77. The number of rotatable bonds is 7. The number of carbonyl (C=O) groups excluding carboxylic acids is 1. The first-order valence-corrected chi connectivity index (χ1v) is 10.3. The van der Waals surface area contributed by atoms with E-state index in [0.717, 1.165) is 21.1 Å². The molecule has 0 bridgehead atoms. The zero-order valence-corrected chi connectivity index (χ0v) is 16.9. The highest BCUT2D eigenvalue weighted by molar-refractivity contribution is 7.89. The summed E-state index contributed by atoms with van der Waals surface area (Å²) in [6.45, 7) is 2.50. The Labute approximate surface area is 164 Å². The predicted octanol–water partition coefficient (Wildman–Crippen LogP) is 2.41. The molecule has 0 fully saturated rings. The molecule has 0 aliphatic carbocycles. The van der Waals surface area contributed by atoms with Crippen LogP contribution in [0.3, 0.4) is 0 Å². The van der Waals surface area contributed by atoms with Crippen LogP contribution < -0.4 is 5.32 Å². The van der Waals surface area contributed by atoms with Crippen molar-refractivity contribution in [1.82, 2.24) is 19.3 Å². The van der Waals surface area contributed by atoms with Crippen molar-refractivity contribution in [2.75, 3.05) is 19.4 Å². The molecule has 1 aromatic heterocycles. The van der Waals surface area contributed by atoms with E-state index in [2.05, 4.69) is 15.6 Å². The quantitative estimate of drug-likeness (QED) is 0.656. The van der Waals surface area contributed by atoms with Crippen LogP contribution >= 0.6 is 0 Å². The zero-order chi connectivity index (χ0) is 20.3. The van der Waals surface area contributed by atoms with E-state index < -0.39 is 10.0 Å². The lowest BCUT2D eigenvalue weighted by Crippen LogP contribution is -2.22. The molecule has 0 radical (unpaired) electrons. The smallest absolute Gasteiger partial charge is 0.242 e. The number of benzene rings is 2. The topological polar surface area (TPSA) is 97.2 Å². The standard InChI is InChI=1S/C19H23N5O3S/c1-14-6-8-15(9-7-14)20-19(25)5-4-12-24-18-11-10-16(13-17(18)21-22-24)28(26,27)23(2)3/h6-11,13H,4-5,12H2,1-3H3,(H,20,25). The van der Waals surface area contributed by atoms with Crippen molar-refractivity contribution in [3.63, 3.8) is 0 Å². The summed E-state index contributed by atoms with van der Waals surface area (Å²) in [5.41, 5.74) is 3.15. The molecule has 1 heterocycles. The fraction of sp³-hybridized carbons (Fsp3) is 0.316. The first-order valence-electron chi connectivity index (χ1n) is 8.89. The van der Waals surface area contributed by atoms with Crippen LogP contribution in [0.4, 0.5) is 5.69 Å². The fourth-order valence-corrected chi connectivity index (χ4v) is 3.66. The van der Waals surface area contributed by atoms with Crippen LogP contribution in [0.5, 0.6) is 0 Å². The van der Waals surface area contributed by atoms with Gasteiger partial charge in [-0.1, -0.05) is 22.9 Å². The number of aryl methyl sites for hydroxylation is 2. The molecule has 148 valence electrons. The number of hydrogen-bond acceptors (Lipinski definition) is 5. The van der Waals surface area contributed by atoms with Gasteiger partial charge in [0, 0.05) is 32.7 Å². The highest BCUT2D eigenvalue weighted by atomic mass is 32.2. The number of nitrogens with zero attached hydrogens (tertiary/aromatic N) is 4. The molecule has 0 unspecified atom stereocenters. The van der Waals surface area contributed by atoms with Crippen LogP contribution in [0.1, 0.15) is 18.4 Å². The van der Waals surface area contributed by atoms with Crippen LogP contribution in [-0.4, -0.2) is 47.7 Å². The van der Waals surface area contributed by atoms with E-state index >= 15 is 0 Å². The Morgan fingerprint density at radius 1 is 1.14 bits per heavy atom.